The first-order chi connectivity index (χ1) is 7.02. The van der Waals surface area contributed by atoms with E-state index in [-0.39, 0.29) is 5.91 Å². The number of hydrogen-bond donors (Lipinski definition) is 0. The molecule has 0 atom stereocenters. The fraction of sp³-hybridized carbons (Fsp3) is 0.667. The monoisotopic (exact) mass is 228 g/mol. The topological polar surface area (TPSA) is 49.3 Å². The summed E-state index contributed by atoms with van der Waals surface area (Å²) in [7, 11) is 3.65. The van der Waals surface area contributed by atoms with Crippen molar-refractivity contribution in [3.05, 3.63) is 5.51 Å². The van der Waals surface area contributed by atoms with Gasteiger partial charge in [0.15, 0.2) is 0 Å². The molecule has 0 aliphatic heterocycles. The largest absolute Gasteiger partial charge is 0.295 e. The van der Waals surface area contributed by atoms with E-state index in [1.165, 1.54) is 16.2 Å². The van der Waals surface area contributed by atoms with E-state index in [1.807, 2.05) is 11.9 Å². The number of nitrogens with zero attached hydrogens (tertiary/aromatic N) is 4. The average molecular weight is 228 g/mol. The normalized spacial score (nSPS) is 11.1. The van der Waals surface area contributed by atoms with Crippen LogP contribution >= 0.6 is 11.3 Å². The van der Waals surface area contributed by atoms with Crippen LogP contribution in [0.1, 0.15) is 13.8 Å². The summed E-state index contributed by atoms with van der Waals surface area (Å²) in [6, 6.07) is 0.358. The Labute approximate surface area is 93.7 Å². The lowest BCUT2D eigenvalue weighted by atomic mass is 10.3. The van der Waals surface area contributed by atoms with E-state index in [9.17, 15) is 4.79 Å². The minimum Gasteiger partial charge on any atom is -0.295 e. The van der Waals surface area contributed by atoms with Crippen molar-refractivity contribution < 1.29 is 4.79 Å². The van der Waals surface area contributed by atoms with E-state index < -0.39 is 0 Å². The van der Waals surface area contributed by atoms with E-state index in [0.29, 0.717) is 17.7 Å². The van der Waals surface area contributed by atoms with Crippen LogP contribution < -0.4 is 4.90 Å². The number of carbonyl (C=O) groups is 1. The van der Waals surface area contributed by atoms with Crippen LogP contribution in [0.2, 0.25) is 0 Å². The van der Waals surface area contributed by atoms with Gasteiger partial charge in [0.25, 0.3) is 0 Å². The van der Waals surface area contributed by atoms with Crippen LogP contribution in [0.15, 0.2) is 5.51 Å². The maximum absolute atomic E-state index is 11.8. The molecule has 1 rings (SSSR count). The van der Waals surface area contributed by atoms with Crippen LogP contribution in [0.25, 0.3) is 0 Å². The summed E-state index contributed by atoms with van der Waals surface area (Å²) in [4.78, 5) is 15.3. The first kappa shape index (κ1) is 12.1. The van der Waals surface area contributed by atoms with Crippen LogP contribution in [-0.2, 0) is 4.79 Å². The van der Waals surface area contributed by atoms with Crippen molar-refractivity contribution in [3.8, 4) is 0 Å². The van der Waals surface area contributed by atoms with Crippen molar-refractivity contribution in [1.82, 2.24) is 15.1 Å². The summed E-state index contributed by atoms with van der Waals surface area (Å²) in [6.45, 7) is 4.50. The predicted octanol–water partition coefficient (Wildman–Crippen LogP) is 0.841. The van der Waals surface area contributed by atoms with Crippen molar-refractivity contribution in [2.75, 3.05) is 25.5 Å². The minimum atomic E-state index is 0.0305. The molecule has 0 radical (unpaired) electrons. The quantitative estimate of drug-likeness (QED) is 0.766. The van der Waals surface area contributed by atoms with Crippen molar-refractivity contribution in [2.45, 2.75) is 19.9 Å². The van der Waals surface area contributed by atoms with Crippen LogP contribution in [0, 0.1) is 0 Å². The highest BCUT2D eigenvalue weighted by Crippen LogP contribution is 2.13. The fourth-order valence-corrected chi connectivity index (χ4v) is 1.46. The van der Waals surface area contributed by atoms with Gasteiger partial charge in [-0.05, 0) is 20.9 Å². The lowest BCUT2D eigenvalue weighted by Crippen LogP contribution is -2.39. The first-order valence-corrected chi connectivity index (χ1v) is 5.63. The lowest BCUT2D eigenvalue weighted by molar-refractivity contribution is -0.119. The van der Waals surface area contributed by atoms with E-state index in [0.717, 1.165) is 0 Å². The summed E-state index contributed by atoms with van der Waals surface area (Å²) in [5, 5.41) is 8.18. The molecule has 0 saturated heterocycles. The molecule has 6 heteroatoms. The molecule has 0 aliphatic rings. The van der Waals surface area contributed by atoms with Gasteiger partial charge in [-0.2, -0.15) is 0 Å². The summed E-state index contributed by atoms with van der Waals surface area (Å²) in [5.41, 5.74) is 1.62. The first-order valence-electron chi connectivity index (χ1n) is 4.75. The molecular weight excluding hydrogens is 212 g/mol. The predicted molar refractivity (Wildman–Crippen MR) is 61.1 cm³/mol. The SMILES string of the molecule is CC(C)N(C)CC(=O)N(C)c1nncs1. The standard InChI is InChI=1S/C9H16N4OS/c1-7(2)12(3)5-8(14)13(4)9-11-10-6-15-9/h6-7H,5H2,1-4H3. The maximum Gasteiger partial charge on any atom is 0.242 e. The summed E-state index contributed by atoms with van der Waals surface area (Å²) >= 11 is 1.36. The smallest absolute Gasteiger partial charge is 0.242 e. The van der Waals surface area contributed by atoms with Crippen molar-refractivity contribution in [2.24, 2.45) is 0 Å². The Hall–Kier alpha value is -1.01. The molecule has 0 fully saturated rings. The molecule has 0 bridgehead atoms. The number of aromatic nitrogens is 2. The zero-order valence-electron chi connectivity index (χ0n) is 9.47. The molecule has 0 saturated carbocycles. The zero-order chi connectivity index (χ0) is 11.4. The van der Waals surface area contributed by atoms with E-state index >= 15 is 0 Å². The van der Waals surface area contributed by atoms with Gasteiger partial charge in [0.1, 0.15) is 5.51 Å². The van der Waals surface area contributed by atoms with Gasteiger partial charge in [-0.25, -0.2) is 0 Å². The number of carbonyl (C=O) groups excluding carboxylic acids is 1. The molecular formula is C9H16N4OS. The van der Waals surface area contributed by atoms with Crippen molar-refractivity contribution >= 4 is 22.4 Å². The highest BCUT2D eigenvalue weighted by atomic mass is 32.1. The summed E-state index contributed by atoms with van der Waals surface area (Å²) < 4.78 is 0. The highest BCUT2D eigenvalue weighted by molar-refractivity contribution is 7.13. The number of rotatable bonds is 4. The molecule has 1 aromatic heterocycles. The fourth-order valence-electron chi connectivity index (χ4n) is 0.922. The molecule has 0 N–H and O–H groups in total. The van der Waals surface area contributed by atoms with Crippen LogP contribution in [0.3, 0.4) is 0 Å². The van der Waals surface area contributed by atoms with Gasteiger partial charge in [0, 0.05) is 13.1 Å². The van der Waals surface area contributed by atoms with Crippen LogP contribution in [-0.4, -0.2) is 47.7 Å². The third kappa shape index (κ3) is 3.24. The van der Waals surface area contributed by atoms with E-state index in [1.54, 1.807) is 12.6 Å². The highest BCUT2D eigenvalue weighted by Gasteiger charge is 2.16. The number of anilines is 1. The molecule has 15 heavy (non-hydrogen) atoms. The molecule has 0 aromatic carbocycles. The molecule has 1 aromatic rings. The molecule has 1 amide bonds. The molecule has 5 nitrogen and oxygen atoms in total. The van der Waals surface area contributed by atoms with Crippen LogP contribution in [0.4, 0.5) is 5.13 Å². The average Bonchev–Trinajstić information content (AvgIpc) is 2.68. The van der Waals surface area contributed by atoms with Gasteiger partial charge < -0.3 is 0 Å². The van der Waals surface area contributed by atoms with Gasteiger partial charge in [0.2, 0.25) is 11.0 Å². The summed E-state index contributed by atoms with van der Waals surface area (Å²) in [5.74, 6) is 0.0305. The Morgan fingerprint density at radius 3 is 2.67 bits per heavy atom. The Bertz CT molecular complexity index is 312. The van der Waals surface area contributed by atoms with E-state index in [4.69, 9.17) is 0 Å². The third-order valence-electron chi connectivity index (χ3n) is 2.28. The molecule has 84 valence electrons. The van der Waals surface area contributed by atoms with Gasteiger partial charge in [-0.15, -0.1) is 10.2 Å². The van der Waals surface area contributed by atoms with Gasteiger partial charge in [-0.3, -0.25) is 14.6 Å². The van der Waals surface area contributed by atoms with Gasteiger partial charge in [-0.1, -0.05) is 11.3 Å². The Kier molecular flexibility index (Phi) is 4.16. The van der Waals surface area contributed by atoms with Crippen LogP contribution in [0.5, 0.6) is 0 Å². The van der Waals surface area contributed by atoms with Gasteiger partial charge >= 0.3 is 0 Å². The second-order valence-electron chi connectivity index (χ2n) is 3.68. The molecule has 1 heterocycles. The molecule has 0 spiro atoms. The number of likely N-dealkylation sites (N-methyl/N-ethyl adjacent to an activating group) is 2. The number of hydrogen-bond acceptors (Lipinski definition) is 5. The lowest BCUT2D eigenvalue weighted by Gasteiger charge is -2.22. The zero-order valence-corrected chi connectivity index (χ0v) is 10.3. The third-order valence-corrected chi connectivity index (χ3v) is 3.04. The number of amides is 1. The Morgan fingerprint density at radius 2 is 2.20 bits per heavy atom. The Balaban J connectivity index is 2.54. The second kappa shape index (κ2) is 5.18. The summed E-state index contributed by atoms with van der Waals surface area (Å²) in [6.07, 6.45) is 0. The van der Waals surface area contributed by atoms with Crippen molar-refractivity contribution in [3.63, 3.8) is 0 Å². The van der Waals surface area contributed by atoms with Gasteiger partial charge in [0.05, 0.1) is 6.54 Å². The molecule has 0 aliphatic carbocycles. The minimum absolute atomic E-state index is 0.0305. The van der Waals surface area contributed by atoms with E-state index in [2.05, 4.69) is 24.0 Å². The Morgan fingerprint density at radius 1 is 1.53 bits per heavy atom. The molecule has 0 unspecified atom stereocenters. The second-order valence-corrected chi connectivity index (χ2v) is 4.49. The maximum atomic E-state index is 11.8. The van der Waals surface area contributed by atoms with Crippen molar-refractivity contribution in [1.29, 1.82) is 0 Å².